The Kier molecular flexibility index (Phi) is 5.30. The van der Waals surface area contributed by atoms with Crippen LogP contribution in [0.5, 0.6) is 0 Å². The van der Waals surface area contributed by atoms with Gasteiger partial charge in [0.05, 0.1) is 6.21 Å². The molecule has 2 aliphatic rings. The average molecular weight is 413 g/mol. The van der Waals surface area contributed by atoms with Crippen molar-refractivity contribution in [1.29, 1.82) is 0 Å². The topological polar surface area (TPSA) is 65.5 Å². The Morgan fingerprint density at radius 2 is 1.81 bits per heavy atom. The predicted molar refractivity (Wildman–Crippen MR) is 125 cm³/mol. The van der Waals surface area contributed by atoms with E-state index in [0.29, 0.717) is 12.3 Å². The first-order valence-corrected chi connectivity index (χ1v) is 11.1. The molecule has 0 radical (unpaired) electrons. The lowest BCUT2D eigenvalue weighted by Gasteiger charge is -2.14. The number of benzene rings is 3. The van der Waals surface area contributed by atoms with Gasteiger partial charge in [0.15, 0.2) is 0 Å². The largest absolute Gasteiger partial charge is 0.271 e. The van der Waals surface area contributed by atoms with Crippen molar-refractivity contribution in [2.24, 2.45) is 5.10 Å². The van der Waals surface area contributed by atoms with Crippen molar-refractivity contribution in [2.45, 2.75) is 51.1 Å². The van der Waals surface area contributed by atoms with E-state index in [1.54, 1.807) is 6.21 Å². The molecule has 1 aliphatic carbocycles. The Morgan fingerprint density at radius 1 is 1.03 bits per heavy atom. The van der Waals surface area contributed by atoms with Crippen molar-refractivity contribution in [2.75, 3.05) is 0 Å². The van der Waals surface area contributed by atoms with E-state index in [4.69, 9.17) is 0 Å². The quantitative estimate of drug-likeness (QED) is 0.436. The zero-order chi connectivity index (χ0) is 21.4. The summed E-state index contributed by atoms with van der Waals surface area (Å²) in [4.78, 5) is 12.6. The van der Waals surface area contributed by atoms with Gasteiger partial charge in [-0.25, -0.2) is 16.3 Å². The third kappa shape index (κ3) is 3.87. The molecule has 0 saturated carbocycles. The van der Waals surface area contributed by atoms with Gasteiger partial charge in [-0.15, -0.1) is 0 Å². The first-order valence-electron chi connectivity index (χ1n) is 11.1. The molecule has 1 saturated heterocycles. The van der Waals surface area contributed by atoms with E-state index in [0.717, 1.165) is 18.4 Å². The van der Waals surface area contributed by atoms with Gasteiger partial charge in [-0.1, -0.05) is 68.4 Å². The molecule has 0 spiro atoms. The average Bonchev–Trinajstić information content (AvgIpc) is 3.43. The van der Waals surface area contributed by atoms with Crippen molar-refractivity contribution in [3.05, 3.63) is 82.4 Å². The van der Waals surface area contributed by atoms with Crippen molar-refractivity contribution >= 4 is 22.9 Å². The second kappa shape index (κ2) is 8.25. The highest BCUT2D eigenvalue weighted by molar-refractivity contribution is 5.93. The SMILES string of the molecule is CC(C)c1ccc(/C=N/NC(=O)C2CC(c3ccc4c5c(cccc35)CC4)NN2)cc1. The molecule has 158 valence electrons. The molecule has 0 bridgehead atoms. The predicted octanol–water partition coefficient (Wildman–Crippen LogP) is 4.12. The summed E-state index contributed by atoms with van der Waals surface area (Å²) < 4.78 is 0. The summed E-state index contributed by atoms with van der Waals surface area (Å²) in [5, 5.41) is 6.85. The Bertz CT molecular complexity index is 1140. The minimum Gasteiger partial charge on any atom is -0.271 e. The summed E-state index contributed by atoms with van der Waals surface area (Å²) >= 11 is 0. The number of hydrazine groups is 1. The summed E-state index contributed by atoms with van der Waals surface area (Å²) in [6.45, 7) is 4.34. The molecule has 1 fully saturated rings. The minimum absolute atomic E-state index is 0.0909. The lowest BCUT2D eigenvalue weighted by molar-refractivity contribution is -0.122. The van der Waals surface area contributed by atoms with Gasteiger partial charge in [-0.05, 0) is 63.8 Å². The van der Waals surface area contributed by atoms with Crippen molar-refractivity contribution in [3.8, 4) is 0 Å². The molecule has 5 rings (SSSR count). The van der Waals surface area contributed by atoms with Crippen LogP contribution in [0, 0.1) is 0 Å². The maximum atomic E-state index is 12.6. The lowest BCUT2D eigenvalue weighted by atomic mass is 9.93. The maximum Gasteiger partial charge on any atom is 0.258 e. The van der Waals surface area contributed by atoms with Crippen LogP contribution >= 0.6 is 0 Å². The van der Waals surface area contributed by atoms with E-state index in [-0.39, 0.29) is 18.0 Å². The van der Waals surface area contributed by atoms with Gasteiger partial charge in [0.2, 0.25) is 0 Å². The fourth-order valence-corrected chi connectivity index (χ4v) is 4.72. The van der Waals surface area contributed by atoms with Crippen LogP contribution in [0.15, 0.2) is 59.7 Å². The molecule has 3 aromatic rings. The summed E-state index contributed by atoms with van der Waals surface area (Å²) in [6.07, 6.45) is 4.61. The van der Waals surface area contributed by atoms with E-state index in [1.165, 1.54) is 33.0 Å². The van der Waals surface area contributed by atoms with Crippen molar-refractivity contribution in [1.82, 2.24) is 16.3 Å². The number of carbonyl (C=O) groups excluding carboxylic acids is 1. The Balaban J connectivity index is 1.24. The lowest BCUT2D eigenvalue weighted by Crippen LogP contribution is -2.41. The van der Waals surface area contributed by atoms with Gasteiger partial charge in [0, 0.05) is 6.04 Å². The summed E-state index contributed by atoms with van der Waals surface area (Å²) in [6, 6.07) is 19.0. The molecule has 1 aliphatic heterocycles. The third-order valence-electron chi connectivity index (χ3n) is 6.50. The fourth-order valence-electron chi connectivity index (χ4n) is 4.72. The molecule has 2 atom stereocenters. The van der Waals surface area contributed by atoms with E-state index in [9.17, 15) is 4.79 Å². The zero-order valence-electron chi connectivity index (χ0n) is 18.0. The van der Waals surface area contributed by atoms with Crippen LogP contribution in [0.2, 0.25) is 0 Å². The highest BCUT2D eigenvalue weighted by Crippen LogP contribution is 2.36. The monoisotopic (exact) mass is 412 g/mol. The number of carbonyl (C=O) groups is 1. The molecule has 31 heavy (non-hydrogen) atoms. The first kappa shape index (κ1) is 19.9. The third-order valence-corrected chi connectivity index (χ3v) is 6.50. The molecule has 1 heterocycles. The van der Waals surface area contributed by atoms with Crippen molar-refractivity contribution < 1.29 is 4.79 Å². The first-order chi connectivity index (χ1) is 15.1. The van der Waals surface area contributed by atoms with Gasteiger partial charge >= 0.3 is 0 Å². The number of nitrogens with zero attached hydrogens (tertiary/aromatic N) is 1. The molecular weight excluding hydrogens is 384 g/mol. The number of hydrogen-bond donors (Lipinski definition) is 3. The smallest absolute Gasteiger partial charge is 0.258 e. The molecule has 0 aromatic heterocycles. The normalized spacial score (nSPS) is 20.2. The van der Waals surface area contributed by atoms with Gasteiger partial charge in [0.25, 0.3) is 5.91 Å². The summed E-state index contributed by atoms with van der Waals surface area (Å²) in [7, 11) is 0. The number of hydrazone groups is 1. The van der Waals surface area contributed by atoms with E-state index < -0.39 is 0 Å². The van der Waals surface area contributed by atoms with Crippen molar-refractivity contribution in [3.63, 3.8) is 0 Å². The molecule has 2 unspecified atom stereocenters. The molecule has 5 heteroatoms. The molecule has 5 nitrogen and oxygen atoms in total. The molecule has 1 amide bonds. The standard InChI is InChI=1S/C26H28N4O/c1-16(2)18-8-6-17(7-9-18)15-27-30-26(31)24-14-23(28-29-24)21-13-12-20-11-10-19-4-3-5-22(21)25(19)20/h3-9,12-13,15-16,23-24,28-29H,10-11,14H2,1-2H3,(H,30,31)/b27-15+. The molecule has 3 aromatic carbocycles. The fraction of sp³-hybridized carbons (Fsp3) is 0.308. The number of hydrogen-bond acceptors (Lipinski definition) is 4. The van der Waals surface area contributed by atoms with Gasteiger partial charge < -0.3 is 0 Å². The number of nitrogens with one attached hydrogen (secondary N) is 3. The highest BCUT2D eigenvalue weighted by atomic mass is 16.2. The van der Waals surface area contributed by atoms with Crippen LogP contribution in [-0.4, -0.2) is 18.2 Å². The van der Waals surface area contributed by atoms with Crippen LogP contribution < -0.4 is 16.3 Å². The van der Waals surface area contributed by atoms with Crippen LogP contribution in [0.3, 0.4) is 0 Å². The minimum atomic E-state index is -0.325. The van der Waals surface area contributed by atoms with Crippen LogP contribution in [0.4, 0.5) is 0 Å². The summed E-state index contributed by atoms with van der Waals surface area (Å²) in [5.74, 6) is 0.369. The Labute approximate surface area is 182 Å². The molecular formula is C26H28N4O. The second-order valence-electron chi connectivity index (χ2n) is 8.84. The van der Waals surface area contributed by atoms with Crippen LogP contribution in [0.25, 0.3) is 10.8 Å². The van der Waals surface area contributed by atoms with Crippen LogP contribution in [0.1, 0.15) is 60.0 Å². The van der Waals surface area contributed by atoms with Crippen LogP contribution in [-0.2, 0) is 17.6 Å². The zero-order valence-corrected chi connectivity index (χ0v) is 18.0. The van der Waals surface area contributed by atoms with E-state index in [2.05, 4.69) is 77.7 Å². The second-order valence-corrected chi connectivity index (χ2v) is 8.84. The van der Waals surface area contributed by atoms with E-state index in [1.807, 2.05) is 12.1 Å². The number of amides is 1. The summed E-state index contributed by atoms with van der Waals surface area (Å²) in [5.41, 5.74) is 15.5. The van der Waals surface area contributed by atoms with Gasteiger partial charge in [0.1, 0.15) is 6.04 Å². The van der Waals surface area contributed by atoms with Gasteiger partial charge in [-0.2, -0.15) is 5.10 Å². The Hall–Kier alpha value is -3.02. The molecule has 3 N–H and O–H groups in total. The Morgan fingerprint density at radius 3 is 2.58 bits per heavy atom. The van der Waals surface area contributed by atoms with Gasteiger partial charge in [-0.3, -0.25) is 4.79 Å². The number of aryl methyl sites for hydroxylation is 2. The number of rotatable bonds is 5. The highest BCUT2D eigenvalue weighted by Gasteiger charge is 2.31. The van der Waals surface area contributed by atoms with E-state index >= 15 is 0 Å². The maximum absolute atomic E-state index is 12.6.